The molecule has 2 rings (SSSR count). The van der Waals surface area contributed by atoms with Crippen LogP contribution in [0.2, 0.25) is 0 Å². The van der Waals surface area contributed by atoms with Crippen LogP contribution in [0.3, 0.4) is 0 Å². The highest BCUT2D eigenvalue weighted by Crippen LogP contribution is 2.28. The van der Waals surface area contributed by atoms with E-state index in [0.717, 1.165) is 22.2 Å². The molecule has 0 saturated carbocycles. The highest BCUT2D eigenvalue weighted by Gasteiger charge is 2.14. The topological polar surface area (TPSA) is 85.9 Å². The number of thiophene rings is 1. The monoisotopic (exact) mass is 283 g/mol. The Morgan fingerprint density at radius 1 is 1.50 bits per heavy atom. The number of hydrogen-bond donors (Lipinski definition) is 1. The van der Waals surface area contributed by atoms with Crippen molar-refractivity contribution in [2.45, 2.75) is 31.2 Å². The SMILES string of the molecule is Cc1sc2nc(S[C@H](C)C(=O)[O-])[nH]c(=O)c2c1C. The fourth-order valence-electron chi connectivity index (χ4n) is 1.51. The number of nitrogens with one attached hydrogen (secondary N) is 1. The molecule has 0 bridgehead atoms. The number of carbonyl (C=O) groups is 1. The van der Waals surface area contributed by atoms with Gasteiger partial charge in [0.2, 0.25) is 0 Å². The maximum Gasteiger partial charge on any atom is 0.260 e. The maximum atomic E-state index is 11.9. The standard InChI is InChI=1S/C11H12N2O3S2/c1-4-5(2)17-9-7(4)8(14)12-11(13-9)18-6(3)10(15)16/h6H,1-3H3,(H,15,16)(H,12,13,14)/p-1/t6-/m1/s1. The Morgan fingerprint density at radius 2 is 2.17 bits per heavy atom. The molecule has 0 spiro atoms. The molecule has 0 saturated heterocycles. The number of aliphatic carboxylic acids is 1. The molecule has 0 fully saturated rings. The summed E-state index contributed by atoms with van der Waals surface area (Å²) in [5, 5.41) is 10.8. The number of carboxylic acid groups (broad SMARTS) is 1. The second-order valence-electron chi connectivity index (χ2n) is 3.91. The molecule has 1 atom stereocenters. The van der Waals surface area contributed by atoms with Gasteiger partial charge in [-0.3, -0.25) is 4.79 Å². The van der Waals surface area contributed by atoms with E-state index in [1.807, 2.05) is 13.8 Å². The summed E-state index contributed by atoms with van der Waals surface area (Å²) in [5.41, 5.74) is 0.697. The molecule has 7 heteroatoms. The fraction of sp³-hybridized carbons (Fsp3) is 0.364. The predicted octanol–water partition coefficient (Wildman–Crippen LogP) is 0.832. The van der Waals surface area contributed by atoms with Crippen molar-refractivity contribution >= 4 is 39.3 Å². The minimum absolute atomic E-state index is 0.227. The highest BCUT2D eigenvalue weighted by atomic mass is 32.2. The van der Waals surface area contributed by atoms with E-state index in [-0.39, 0.29) is 5.56 Å². The third kappa shape index (κ3) is 2.28. The van der Waals surface area contributed by atoms with Crippen molar-refractivity contribution in [3.05, 3.63) is 20.8 Å². The smallest absolute Gasteiger partial charge is 0.260 e. The van der Waals surface area contributed by atoms with Crippen LogP contribution >= 0.6 is 23.1 Å². The third-order valence-corrected chi connectivity index (χ3v) is 4.70. The van der Waals surface area contributed by atoms with Crippen molar-refractivity contribution in [2.24, 2.45) is 0 Å². The van der Waals surface area contributed by atoms with Gasteiger partial charge in [-0.15, -0.1) is 11.3 Å². The number of rotatable bonds is 3. The largest absolute Gasteiger partial charge is 0.549 e. The van der Waals surface area contributed by atoms with E-state index >= 15 is 0 Å². The van der Waals surface area contributed by atoms with Crippen LogP contribution < -0.4 is 10.7 Å². The molecular weight excluding hydrogens is 272 g/mol. The van der Waals surface area contributed by atoms with E-state index < -0.39 is 11.2 Å². The van der Waals surface area contributed by atoms with E-state index in [1.54, 1.807) is 0 Å². The van der Waals surface area contributed by atoms with Crippen LogP contribution in [0.15, 0.2) is 9.95 Å². The number of carbonyl (C=O) groups excluding carboxylic acids is 1. The Morgan fingerprint density at radius 3 is 2.78 bits per heavy atom. The highest BCUT2D eigenvalue weighted by molar-refractivity contribution is 8.00. The van der Waals surface area contributed by atoms with Crippen LogP contribution in [0.4, 0.5) is 0 Å². The molecule has 0 radical (unpaired) electrons. The number of aromatic nitrogens is 2. The summed E-state index contributed by atoms with van der Waals surface area (Å²) in [7, 11) is 0. The van der Waals surface area contributed by atoms with Gasteiger partial charge in [-0.2, -0.15) is 0 Å². The van der Waals surface area contributed by atoms with Crippen molar-refractivity contribution in [3.8, 4) is 0 Å². The lowest BCUT2D eigenvalue weighted by atomic mass is 10.2. The fourth-order valence-corrected chi connectivity index (χ4v) is 3.32. The zero-order chi connectivity index (χ0) is 13.4. The van der Waals surface area contributed by atoms with E-state index in [1.165, 1.54) is 18.3 Å². The van der Waals surface area contributed by atoms with Crippen LogP contribution in [-0.4, -0.2) is 21.2 Å². The van der Waals surface area contributed by atoms with Crippen molar-refractivity contribution < 1.29 is 9.90 Å². The summed E-state index contributed by atoms with van der Waals surface area (Å²) < 4.78 is 0. The quantitative estimate of drug-likeness (QED) is 0.666. The van der Waals surface area contributed by atoms with E-state index in [0.29, 0.717) is 15.4 Å². The summed E-state index contributed by atoms with van der Waals surface area (Å²) in [6.45, 7) is 5.30. The molecular formula is C11H11N2O3S2-. The maximum absolute atomic E-state index is 11.9. The first-order valence-corrected chi connectivity index (χ1v) is 6.97. The third-order valence-electron chi connectivity index (χ3n) is 2.64. The molecule has 2 aromatic heterocycles. The Kier molecular flexibility index (Phi) is 3.45. The van der Waals surface area contributed by atoms with Crippen LogP contribution in [-0.2, 0) is 4.79 Å². The molecule has 18 heavy (non-hydrogen) atoms. The van der Waals surface area contributed by atoms with Gasteiger partial charge < -0.3 is 14.9 Å². The van der Waals surface area contributed by atoms with Gasteiger partial charge in [0.15, 0.2) is 5.16 Å². The predicted molar refractivity (Wildman–Crippen MR) is 70.0 cm³/mol. The Balaban J connectivity index is 2.50. The summed E-state index contributed by atoms with van der Waals surface area (Å²) >= 11 is 2.41. The lowest BCUT2D eigenvalue weighted by Crippen LogP contribution is -2.31. The second-order valence-corrected chi connectivity index (χ2v) is 6.45. The van der Waals surface area contributed by atoms with Crippen LogP contribution in [0.5, 0.6) is 0 Å². The van der Waals surface area contributed by atoms with E-state index in [4.69, 9.17) is 0 Å². The lowest BCUT2D eigenvalue weighted by molar-refractivity contribution is -0.304. The van der Waals surface area contributed by atoms with Gasteiger partial charge >= 0.3 is 0 Å². The van der Waals surface area contributed by atoms with Crippen molar-refractivity contribution in [1.82, 2.24) is 9.97 Å². The van der Waals surface area contributed by atoms with E-state index in [9.17, 15) is 14.7 Å². The van der Waals surface area contributed by atoms with Gasteiger partial charge in [0, 0.05) is 10.1 Å². The number of fused-ring (bicyclic) bond motifs is 1. The van der Waals surface area contributed by atoms with Crippen LogP contribution in [0, 0.1) is 13.8 Å². The van der Waals surface area contributed by atoms with Gasteiger partial charge in [-0.1, -0.05) is 11.8 Å². The molecule has 0 amide bonds. The summed E-state index contributed by atoms with van der Waals surface area (Å²) in [6, 6.07) is 0. The van der Waals surface area contributed by atoms with Crippen molar-refractivity contribution in [3.63, 3.8) is 0 Å². The Hall–Kier alpha value is -1.34. The average molecular weight is 283 g/mol. The average Bonchev–Trinajstić information content (AvgIpc) is 2.54. The number of carboxylic acids is 1. The van der Waals surface area contributed by atoms with Gasteiger partial charge in [0.25, 0.3) is 5.56 Å². The number of H-pyrrole nitrogens is 1. The normalized spacial score (nSPS) is 12.8. The number of nitrogens with zero attached hydrogens (tertiary/aromatic N) is 1. The first-order chi connectivity index (χ1) is 8.40. The Bertz CT molecular complexity index is 675. The number of hydrogen-bond acceptors (Lipinski definition) is 6. The molecule has 2 heterocycles. The van der Waals surface area contributed by atoms with E-state index in [2.05, 4.69) is 9.97 Å². The summed E-state index contributed by atoms with van der Waals surface area (Å²) in [4.78, 5) is 31.1. The molecule has 0 aliphatic carbocycles. The minimum atomic E-state index is -1.18. The summed E-state index contributed by atoms with van der Waals surface area (Å²) in [5.74, 6) is -1.18. The molecule has 0 unspecified atom stereocenters. The van der Waals surface area contributed by atoms with Crippen LogP contribution in [0.25, 0.3) is 10.2 Å². The molecule has 0 aliphatic rings. The zero-order valence-corrected chi connectivity index (χ0v) is 11.7. The van der Waals surface area contributed by atoms with Crippen LogP contribution in [0.1, 0.15) is 17.4 Å². The van der Waals surface area contributed by atoms with Gasteiger partial charge in [0.05, 0.1) is 11.4 Å². The first-order valence-electron chi connectivity index (χ1n) is 5.27. The minimum Gasteiger partial charge on any atom is -0.549 e. The van der Waals surface area contributed by atoms with Gasteiger partial charge in [-0.25, -0.2) is 4.98 Å². The lowest BCUT2D eigenvalue weighted by Gasteiger charge is -2.10. The van der Waals surface area contributed by atoms with Gasteiger partial charge in [-0.05, 0) is 26.3 Å². The second kappa shape index (κ2) is 4.74. The number of thioether (sulfide) groups is 1. The number of aryl methyl sites for hydroxylation is 2. The Labute approximate surface area is 111 Å². The number of aromatic amines is 1. The summed E-state index contributed by atoms with van der Waals surface area (Å²) in [6.07, 6.45) is 0. The molecule has 0 aromatic carbocycles. The van der Waals surface area contributed by atoms with Crippen molar-refractivity contribution in [1.29, 1.82) is 0 Å². The molecule has 1 N–H and O–H groups in total. The molecule has 2 aromatic rings. The zero-order valence-electron chi connectivity index (χ0n) is 10.1. The van der Waals surface area contributed by atoms with Gasteiger partial charge in [0.1, 0.15) is 4.83 Å². The molecule has 0 aliphatic heterocycles. The molecule has 5 nitrogen and oxygen atoms in total. The first kappa shape index (κ1) is 13.1. The van der Waals surface area contributed by atoms with Crippen molar-refractivity contribution in [2.75, 3.05) is 0 Å². The molecule has 96 valence electrons.